The maximum atomic E-state index is 12.7. The van der Waals surface area contributed by atoms with Gasteiger partial charge in [0, 0.05) is 4.88 Å². The van der Waals surface area contributed by atoms with Crippen molar-refractivity contribution in [2.45, 2.75) is 45.6 Å². The second-order valence-corrected chi connectivity index (χ2v) is 9.50. The Morgan fingerprint density at radius 1 is 1.22 bits per heavy atom. The van der Waals surface area contributed by atoms with Crippen LogP contribution in [0.25, 0.3) is 0 Å². The van der Waals surface area contributed by atoms with Crippen LogP contribution in [0.4, 0.5) is 0 Å². The predicted octanol–water partition coefficient (Wildman–Crippen LogP) is 4.54. The summed E-state index contributed by atoms with van der Waals surface area (Å²) >= 11 is 1.70. The van der Waals surface area contributed by atoms with Gasteiger partial charge in [-0.05, 0) is 66.4 Å². The van der Waals surface area contributed by atoms with Crippen LogP contribution in [0.1, 0.15) is 56.0 Å². The second kappa shape index (κ2) is 8.44. The maximum absolute atomic E-state index is 12.7. The number of aromatic hydroxyl groups is 1. The molecule has 1 aromatic heterocycles. The van der Waals surface area contributed by atoms with Crippen molar-refractivity contribution < 1.29 is 9.90 Å². The topological polar surface area (TPSA) is 52.6 Å². The third-order valence-electron chi connectivity index (χ3n) is 5.32. The standard InChI is InChI=1S/C22H30N2O2S/c1-22(2,3)21(19-5-4-14-27-19)23-20(26)15-24-12-10-17(11-13-24)16-6-8-18(25)9-7-16/h4-9,14,17,21,25H,10-13,15H2,1-3H3,(H,23,26). The van der Waals surface area contributed by atoms with Gasteiger partial charge in [0.1, 0.15) is 5.75 Å². The number of piperidine rings is 1. The first-order valence-electron chi connectivity index (χ1n) is 9.67. The number of rotatable bonds is 5. The normalized spacial score (nSPS) is 17.6. The van der Waals surface area contributed by atoms with E-state index in [0.717, 1.165) is 25.9 Å². The lowest BCUT2D eigenvalue weighted by molar-refractivity contribution is -0.124. The molecule has 0 radical (unpaired) electrons. The van der Waals surface area contributed by atoms with Crippen LogP contribution >= 0.6 is 11.3 Å². The van der Waals surface area contributed by atoms with Crippen molar-refractivity contribution >= 4 is 17.2 Å². The number of phenolic OH excluding ortho intramolecular Hbond substituents is 1. The van der Waals surface area contributed by atoms with Crippen molar-refractivity contribution in [3.05, 3.63) is 52.2 Å². The van der Waals surface area contributed by atoms with Gasteiger partial charge in [0.05, 0.1) is 12.6 Å². The number of benzene rings is 1. The van der Waals surface area contributed by atoms with Crippen molar-refractivity contribution in [2.24, 2.45) is 5.41 Å². The van der Waals surface area contributed by atoms with E-state index in [2.05, 4.69) is 42.4 Å². The van der Waals surface area contributed by atoms with E-state index in [0.29, 0.717) is 18.2 Å². The zero-order valence-electron chi connectivity index (χ0n) is 16.4. The molecule has 2 aromatic rings. The number of phenols is 1. The molecule has 27 heavy (non-hydrogen) atoms. The molecule has 1 amide bonds. The zero-order valence-corrected chi connectivity index (χ0v) is 17.3. The highest BCUT2D eigenvalue weighted by atomic mass is 32.1. The molecule has 1 fully saturated rings. The third-order valence-corrected chi connectivity index (χ3v) is 6.26. The number of nitrogens with one attached hydrogen (secondary N) is 1. The Bertz CT molecular complexity index is 727. The van der Waals surface area contributed by atoms with Gasteiger partial charge >= 0.3 is 0 Å². The molecule has 1 unspecified atom stereocenters. The minimum atomic E-state index is -0.0215. The zero-order chi connectivity index (χ0) is 19.4. The van der Waals surface area contributed by atoms with Gasteiger partial charge in [-0.15, -0.1) is 11.3 Å². The van der Waals surface area contributed by atoms with Gasteiger partial charge in [-0.25, -0.2) is 0 Å². The number of hydrogen-bond donors (Lipinski definition) is 2. The monoisotopic (exact) mass is 386 g/mol. The molecule has 2 N–H and O–H groups in total. The second-order valence-electron chi connectivity index (χ2n) is 8.52. The number of carbonyl (C=O) groups is 1. The first kappa shape index (κ1) is 19.9. The fourth-order valence-corrected chi connectivity index (χ4v) is 4.77. The largest absolute Gasteiger partial charge is 0.508 e. The van der Waals surface area contributed by atoms with E-state index in [-0.39, 0.29) is 17.4 Å². The summed E-state index contributed by atoms with van der Waals surface area (Å²) in [7, 11) is 0. The van der Waals surface area contributed by atoms with E-state index in [9.17, 15) is 9.90 Å². The van der Waals surface area contributed by atoms with E-state index in [1.165, 1.54) is 10.4 Å². The van der Waals surface area contributed by atoms with Crippen molar-refractivity contribution in [3.8, 4) is 5.75 Å². The molecule has 146 valence electrons. The molecule has 0 bridgehead atoms. The predicted molar refractivity (Wildman–Crippen MR) is 111 cm³/mol. The average Bonchev–Trinajstić information content (AvgIpc) is 3.14. The molecule has 1 saturated heterocycles. The summed E-state index contributed by atoms with van der Waals surface area (Å²) in [6, 6.07) is 11.7. The molecule has 1 atom stereocenters. The van der Waals surface area contributed by atoms with Gasteiger partial charge in [0.15, 0.2) is 0 Å². The van der Waals surface area contributed by atoms with Crippen LogP contribution in [0.2, 0.25) is 0 Å². The van der Waals surface area contributed by atoms with Crippen LogP contribution < -0.4 is 5.32 Å². The highest BCUT2D eigenvalue weighted by molar-refractivity contribution is 7.10. The van der Waals surface area contributed by atoms with E-state index in [1.807, 2.05) is 18.2 Å². The highest BCUT2D eigenvalue weighted by Crippen LogP contribution is 2.35. The van der Waals surface area contributed by atoms with E-state index < -0.39 is 0 Å². The summed E-state index contributed by atoms with van der Waals surface area (Å²) in [4.78, 5) is 16.1. The summed E-state index contributed by atoms with van der Waals surface area (Å²) in [6.07, 6.45) is 2.09. The Labute approximate surface area is 166 Å². The minimum absolute atomic E-state index is 0.0215. The van der Waals surface area contributed by atoms with E-state index in [4.69, 9.17) is 0 Å². The van der Waals surface area contributed by atoms with Gasteiger partial charge < -0.3 is 10.4 Å². The van der Waals surface area contributed by atoms with E-state index >= 15 is 0 Å². The van der Waals surface area contributed by atoms with Crippen LogP contribution in [0.3, 0.4) is 0 Å². The summed E-state index contributed by atoms with van der Waals surface area (Å²) < 4.78 is 0. The molecule has 0 spiro atoms. The Hall–Kier alpha value is -1.85. The molecule has 4 nitrogen and oxygen atoms in total. The van der Waals surface area contributed by atoms with Crippen LogP contribution in [0.15, 0.2) is 41.8 Å². The third kappa shape index (κ3) is 5.33. The smallest absolute Gasteiger partial charge is 0.234 e. The van der Waals surface area contributed by atoms with Gasteiger partial charge in [-0.1, -0.05) is 39.0 Å². The molecule has 2 heterocycles. The minimum Gasteiger partial charge on any atom is -0.508 e. The van der Waals surface area contributed by atoms with Crippen molar-refractivity contribution in [2.75, 3.05) is 19.6 Å². The number of carbonyl (C=O) groups excluding carboxylic acids is 1. The average molecular weight is 387 g/mol. The summed E-state index contributed by atoms with van der Waals surface area (Å²) in [5.41, 5.74) is 1.26. The van der Waals surface area contributed by atoms with Crippen molar-refractivity contribution in [1.29, 1.82) is 0 Å². The van der Waals surface area contributed by atoms with Crippen LogP contribution in [-0.4, -0.2) is 35.5 Å². The first-order valence-corrected chi connectivity index (χ1v) is 10.5. The van der Waals surface area contributed by atoms with Crippen LogP contribution in [0, 0.1) is 5.41 Å². The van der Waals surface area contributed by atoms with Gasteiger partial charge in [-0.2, -0.15) is 0 Å². The lowest BCUT2D eigenvalue weighted by Crippen LogP contribution is -2.44. The Balaban J connectivity index is 1.52. The molecule has 0 saturated carbocycles. The quantitative estimate of drug-likeness (QED) is 0.793. The highest BCUT2D eigenvalue weighted by Gasteiger charge is 2.29. The number of amides is 1. The number of likely N-dealkylation sites (tertiary alicyclic amines) is 1. The lowest BCUT2D eigenvalue weighted by atomic mass is 9.85. The molecular weight excluding hydrogens is 356 g/mol. The first-order chi connectivity index (χ1) is 12.8. The van der Waals surface area contributed by atoms with Crippen LogP contribution in [-0.2, 0) is 4.79 Å². The number of hydrogen-bond acceptors (Lipinski definition) is 4. The number of thiophene rings is 1. The molecule has 1 aliphatic rings. The Kier molecular flexibility index (Phi) is 6.22. The van der Waals surface area contributed by atoms with Gasteiger partial charge in [-0.3, -0.25) is 9.69 Å². The van der Waals surface area contributed by atoms with E-state index in [1.54, 1.807) is 23.5 Å². The number of nitrogens with zero attached hydrogens (tertiary/aromatic N) is 1. The molecular formula is C22H30N2O2S. The fourth-order valence-electron chi connectivity index (χ4n) is 3.75. The SMILES string of the molecule is CC(C)(C)C(NC(=O)CN1CCC(c2ccc(O)cc2)CC1)c1cccs1. The van der Waals surface area contributed by atoms with Gasteiger partial charge in [0.25, 0.3) is 0 Å². The summed E-state index contributed by atoms with van der Waals surface area (Å²) in [5.74, 6) is 0.928. The lowest BCUT2D eigenvalue weighted by Gasteiger charge is -2.34. The molecule has 0 aliphatic carbocycles. The maximum Gasteiger partial charge on any atom is 0.234 e. The molecule has 1 aliphatic heterocycles. The van der Waals surface area contributed by atoms with Crippen LogP contribution in [0.5, 0.6) is 5.75 Å². The molecule has 5 heteroatoms. The fraction of sp³-hybridized carbons (Fsp3) is 0.500. The summed E-state index contributed by atoms with van der Waals surface area (Å²) in [5, 5.41) is 14.8. The van der Waals surface area contributed by atoms with Crippen molar-refractivity contribution in [1.82, 2.24) is 10.2 Å². The summed E-state index contributed by atoms with van der Waals surface area (Å²) in [6.45, 7) is 8.82. The van der Waals surface area contributed by atoms with Gasteiger partial charge in [0.2, 0.25) is 5.91 Å². The van der Waals surface area contributed by atoms with Crippen molar-refractivity contribution in [3.63, 3.8) is 0 Å². The molecule has 1 aromatic carbocycles. The molecule has 3 rings (SSSR count). The Morgan fingerprint density at radius 3 is 2.44 bits per heavy atom. The Morgan fingerprint density at radius 2 is 1.89 bits per heavy atom.